The third-order valence-corrected chi connectivity index (χ3v) is 12.5. The average Bonchev–Trinajstić information content (AvgIpc) is 4.14. The third-order valence-electron chi connectivity index (χ3n) is 12.5. The van der Waals surface area contributed by atoms with Crippen molar-refractivity contribution < 1.29 is 19.0 Å². The summed E-state index contributed by atoms with van der Waals surface area (Å²) in [5.41, 5.74) is 18.4. The largest absolute Gasteiger partial charge is 0.457 e. The molecule has 3 atom stereocenters. The van der Waals surface area contributed by atoms with Crippen LogP contribution in [0, 0.1) is 0 Å². The molecule has 4 N–H and O–H groups in total. The summed E-state index contributed by atoms with van der Waals surface area (Å²) >= 11 is 0. The zero-order valence-corrected chi connectivity index (χ0v) is 34.9. The second-order valence-electron chi connectivity index (χ2n) is 16.4. The second-order valence-corrected chi connectivity index (χ2v) is 16.4. The number of nitrogen functional groups attached to an aromatic ring is 2. The van der Waals surface area contributed by atoms with Gasteiger partial charge in [-0.3, -0.25) is 9.69 Å². The molecule has 63 heavy (non-hydrogen) atoms. The van der Waals surface area contributed by atoms with Crippen LogP contribution in [0.5, 0.6) is 23.0 Å². The highest BCUT2D eigenvalue weighted by molar-refractivity contribution is 6.01. The number of benzene rings is 4. The predicted molar refractivity (Wildman–Crippen MR) is 245 cm³/mol. The number of Topliss-reactive ketones (excluding diaryl/α,β-unsaturated/α-hetero) is 1. The fourth-order valence-electron chi connectivity index (χ4n) is 9.36. The van der Waals surface area contributed by atoms with Crippen LogP contribution in [0.1, 0.15) is 50.6 Å². The summed E-state index contributed by atoms with van der Waals surface area (Å²) in [6.07, 6.45) is 12.8. The van der Waals surface area contributed by atoms with E-state index in [1.165, 1.54) is 12.7 Å². The van der Waals surface area contributed by atoms with E-state index in [0.717, 1.165) is 113 Å². The number of rotatable bonds is 9. The lowest BCUT2D eigenvalue weighted by atomic mass is 10.1. The summed E-state index contributed by atoms with van der Waals surface area (Å²) in [5.74, 6) is 4.42. The van der Waals surface area contributed by atoms with Crippen LogP contribution in [0.15, 0.2) is 134 Å². The molecule has 11 rings (SSSR count). The van der Waals surface area contributed by atoms with Crippen molar-refractivity contribution >= 4 is 39.5 Å². The first kappa shape index (κ1) is 40.0. The summed E-state index contributed by atoms with van der Waals surface area (Å²) in [5, 5.41) is 1.75. The van der Waals surface area contributed by atoms with E-state index in [-0.39, 0.29) is 6.04 Å². The molecule has 13 nitrogen and oxygen atoms in total. The molecular weight excluding hydrogens is 791 g/mol. The summed E-state index contributed by atoms with van der Waals surface area (Å²) in [7, 11) is 0. The number of para-hydroxylation sites is 2. The minimum absolute atomic E-state index is 0.119. The minimum atomic E-state index is 0.119. The number of nitrogens with zero attached hydrogens (tertiary/aromatic N) is 7. The van der Waals surface area contributed by atoms with E-state index < -0.39 is 0 Å². The number of aromatic nitrogens is 6. The van der Waals surface area contributed by atoms with Gasteiger partial charge in [0.1, 0.15) is 64.4 Å². The van der Waals surface area contributed by atoms with Crippen LogP contribution >= 0.6 is 0 Å². The minimum Gasteiger partial charge on any atom is -0.457 e. The maximum Gasteiger partial charge on any atom is 0.146 e. The Hall–Kier alpha value is -7.09. The molecule has 1 unspecified atom stereocenters. The fraction of sp³-hybridized carbons (Fsp3) is 0.260. The number of nitrogens with two attached hydrogens (primary N) is 2. The Labute approximate surface area is 365 Å². The number of carbonyl (C=O) groups excluding carboxylic acids is 1. The molecular formula is C50H49N9O4. The zero-order chi connectivity index (χ0) is 42.7. The van der Waals surface area contributed by atoms with Crippen molar-refractivity contribution in [2.75, 3.05) is 37.8 Å². The number of ketones is 1. The molecule has 5 heterocycles. The SMILES string of the molecule is Nc1ncnc2c1c(-c1ccc(Oc3ccccc3)cc1)cn2C1CCC(=O)C1.Nc1ncnc2c1c(-c1ccc(Oc3ccccc3)cc1)cn2[C@H]1CC[C@@H](N2CCOCC2)C1. The normalized spacial score (nSPS) is 19.0. The van der Waals surface area contributed by atoms with Crippen molar-refractivity contribution in [3.8, 4) is 45.3 Å². The van der Waals surface area contributed by atoms with Crippen LogP contribution in [0.3, 0.4) is 0 Å². The molecule has 0 amide bonds. The predicted octanol–water partition coefficient (Wildman–Crippen LogP) is 9.67. The van der Waals surface area contributed by atoms with Crippen LogP contribution in [0.25, 0.3) is 44.3 Å². The Balaban J connectivity index is 0.000000152. The van der Waals surface area contributed by atoms with Gasteiger partial charge in [-0.05, 0) is 85.3 Å². The van der Waals surface area contributed by atoms with Crippen molar-refractivity contribution in [3.05, 3.63) is 134 Å². The monoisotopic (exact) mass is 839 g/mol. The van der Waals surface area contributed by atoms with Gasteiger partial charge in [0.05, 0.1) is 24.0 Å². The highest BCUT2D eigenvalue weighted by Crippen LogP contribution is 2.41. The maximum absolute atomic E-state index is 11.8. The highest BCUT2D eigenvalue weighted by atomic mass is 16.5. The number of anilines is 2. The van der Waals surface area contributed by atoms with Crippen LogP contribution in [0.4, 0.5) is 11.6 Å². The van der Waals surface area contributed by atoms with Gasteiger partial charge in [0.25, 0.3) is 0 Å². The zero-order valence-electron chi connectivity index (χ0n) is 34.9. The summed E-state index contributed by atoms with van der Waals surface area (Å²) in [4.78, 5) is 32.0. The van der Waals surface area contributed by atoms with Gasteiger partial charge in [0.15, 0.2) is 0 Å². The molecule has 3 aliphatic rings. The van der Waals surface area contributed by atoms with Gasteiger partial charge < -0.3 is 34.8 Å². The Morgan fingerprint density at radius 3 is 1.52 bits per heavy atom. The third kappa shape index (κ3) is 8.45. The van der Waals surface area contributed by atoms with E-state index in [0.29, 0.717) is 42.3 Å². The highest BCUT2D eigenvalue weighted by Gasteiger charge is 2.33. The summed E-state index contributed by atoms with van der Waals surface area (Å²) in [6, 6.07) is 36.6. The average molecular weight is 840 g/mol. The Bertz CT molecular complexity index is 2840. The van der Waals surface area contributed by atoms with Crippen molar-refractivity contribution in [2.45, 2.75) is 56.7 Å². The summed E-state index contributed by atoms with van der Waals surface area (Å²) in [6.45, 7) is 3.74. The Morgan fingerprint density at radius 2 is 1.03 bits per heavy atom. The number of carbonyl (C=O) groups is 1. The standard InChI is InChI=1S/C27H29N5O2.C23H20N4O2/c28-26-25-24(19-6-10-23(11-7-19)34-22-4-2-1-3-5-22)17-32(27(25)30-18-29-26)21-9-8-20(16-21)31-12-14-33-15-13-31;24-22-21-20(13-27(23(21)26-14-25-22)16-8-9-17(28)12-16)15-6-10-19(11-7-15)29-18-4-2-1-3-5-18/h1-7,10-11,17-18,20-21H,8-9,12-16H2,(H2,28,29,30);1-7,10-11,13-14,16H,8-9,12H2,(H2,24,25,26)/t20-,21+;/m1./s1. The Kier molecular flexibility index (Phi) is 11.3. The molecule has 4 aromatic carbocycles. The van der Waals surface area contributed by atoms with Crippen molar-refractivity contribution in [3.63, 3.8) is 0 Å². The van der Waals surface area contributed by atoms with Crippen LogP contribution in [0.2, 0.25) is 0 Å². The van der Waals surface area contributed by atoms with E-state index in [2.05, 4.69) is 52.3 Å². The van der Waals surface area contributed by atoms with E-state index in [4.69, 9.17) is 25.7 Å². The fourth-order valence-corrected chi connectivity index (χ4v) is 9.36. The van der Waals surface area contributed by atoms with Crippen molar-refractivity contribution in [1.29, 1.82) is 0 Å². The topological polar surface area (TPSA) is 161 Å². The van der Waals surface area contributed by atoms with Crippen molar-refractivity contribution in [1.82, 2.24) is 34.0 Å². The van der Waals surface area contributed by atoms with Crippen LogP contribution in [-0.2, 0) is 9.53 Å². The van der Waals surface area contributed by atoms with Crippen LogP contribution in [-0.4, -0.2) is 72.1 Å². The number of hydrogen-bond acceptors (Lipinski definition) is 11. The van der Waals surface area contributed by atoms with Crippen molar-refractivity contribution in [2.24, 2.45) is 0 Å². The first-order chi connectivity index (χ1) is 30.9. The van der Waals surface area contributed by atoms with Crippen LogP contribution < -0.4 is 20.9 Å². The molecule has 8 aromatic rings. The smallest absolute Gasteiger partial charge is 0.146 e. The Morgan fingerprint density at radius 1 is 0.556 bits per heavy atom. The van der Waals surface area contributed by atoms with E-state index in [1.807, 2.05) is 103 Å². The lowest BCUT2D eigenvalue weighted by Crippen LogP contribution is -2.42. The second kappa shape index (κ2) is 17.7. The molecule has 0 radical (unpaired) electrons. The lowest BCUT2D eigenvalue weighted by Gasteiger charge is -2.32. The molecule has 0 bridgehead atoms. The first-order valence-electron chi connectivity index (χ1n) is 21.7. The molecule has 13 heteroatoms. The molecule has 2 saturated carbocycles. The van der Waals surface area contributed by atoms with E-state index >= 15 is 0 Å². The quantitative estimate of drug-likeness (QED) is 0.142. The molecule has 0 spiro atoms. The molecule has 318 valence electrons. The molecule has 4 aromatic heterocycles. The molecule has 1 saturated heterocycles. The lowest BCUT2D eigenvalue weighted by molar-refractivity contribution is -0.117. The van der Waals surface area contributed by atoms with E-state index in [9.17, 15) is 4.79 Å². The van der Waals surface area contributed by atoms with Gasteiger partial charge in [-0.15, -0.1) is 0 Å². The van der Waals surface area contributed by atoms with Gasteiger partial charge in [0, 0.05) is 67.6 Å². The molecule has 1 aliphatic heterocycles. The maximum atomic E-state index is 11.8. The van der Waals surface area contributed by atoms with Gasteiger partial charge in [0.2, 0.25) is 0 Å². The van der Waals surface area contributed by atoms with Gasteiger partial charge in [-0.1, -0.05) is 60.7 Å². The van der Waals surface area contributed by atoms with Gasteiger partial charge in [-0.2, -0.15) is 0 Å². The first-order valence-corrected chi connectivity index (χ1v) is 21.7. The molecule has 3 fully saturated rings. The molecule has 2 aliphatic carbocycles. The number of morpholine rings is 1. The number of ether oxygens (including phenoxy) is 3. The van der Waals surface area contributed by atoms with E-state index in [1.54, 1.807) is 6.33 Å². The number of fused-ring (bicyclic) bond motifs is 2. The summed E-state index contributed by atoms with van der Waals surface area (Å²) < 4.78 is 21.8. The van der Waals surface area contributed by atoms with Gasteiger partial charge >= 0.3 is 0 Å². The van der Waals surface area contributed by atoms with Gasteiger partial charge in [-0.25, -0.2) is 19.9 Å². The number of hydrogen-bond donors (Lipinski definition) is 2.